The minimum absolute atomic E-state index is 0.0146. The van der Waals surface area contributed by atoms with Gasteiger partial charge in [0, 0.05) is 44.1 Å². The number of para-hydroxylation sites is 2. The summed E-state index contributed by atoms with van der Waals surface area (Å²) >= 11 is 0. The number of carbonyl (C=O) groups is 3. The Kier molecular flexibility index (Phi) is 12.0. The van der Waals surface area contributed by atoms with Gasteiger partial charge in [0.1, 0.15) is 19.0 Å². The van der Waals surface area contributed by atoms with Crippen LogP contribution in [0.15, 0.2) is 84.1 Å². The number of ether oxygens (including phenoxy) is 4. The van der Waals surface area contributed by atoms with Crippen molar-refractivity contribution in [3.63, 3.8) is 0 Å². The maximum Gasteiger partial charge on any atom is 0.412 e. The quantitative estimate of drug-likeness (QED) is 0.151. The first-order chi connectivity index (χ1) is 24.9. The fraction of sp³-hybridized carbons (Fsp3) is 0.286. The van der Waals surface area contributed by atoms with Gasteiger partial charge >= 0.3 is 12.2 Å². The Balaban J connectivity index is 1.50. The fourth-order valence-electron chi connectivity index (χ4n) is 5.06. The van der Waals surface area contributed by atoms with Gasteiger partial charge in [-0.15, -0.1) is 0 Å². The second kappa shape index (κ2) is 16.7. The molecule has 0 bridgehead atoms. The summed E-state index contributed by atoms with van der Waals surface area (Å²) in [5.41, 5.74) is 0.682. The van der Waals surface area contributed by atoms with E-state index in [0.29, 0.717) is 5.75 Å². The van der Waals surface area contributed by atoms with Crippen LogP contribution in [0, 0.1) is 0 Å². The third-order valence-corrected chi connectivity index (χ3v) is 9.12. The minimum Gasteiger partial charge on any atom is -0.493 e. The molecule has 16 nitrogen and oxygen atoms in total. The van der Waals surface area contributed by atoms with E-state index in [2.05, 4.69) is 20.0 Å². The van der Waals surface area contributed by atoms with Gasteiger partial charge in [-0.1, -0.05) is 38.1 Å². The highest BCUT2D eigenvalue weighted by atomic mass is 32.2. The summed E-state index contributed by atoms with van der Waals surface area (Å²) in [7, 11) is -2.92. The Morgan fingerprint density at radius 1 is 0.885 bits per heavy atom. The van der Waals surface area contributed by atoms with Crippen molar-refractivity contribution in [3.05, 3.63) is 90.3 Å². The molecule has 0 radical (unpaired) electrons. The van der Waals surface area contributed by atoms with E-state index in [1.165, 1.54) is 47.5 Å². The Morgan fingerprint density at radius 2 is 1.60 bits per heavy atom. The molecule has 1 saturated heterocycles. The zero-order chi connectivity index (χ0) is 37.3. The fourth-order valence-corrected chi connectivity index (χ4v) is 6.05. The maximum absolute atomic E-state index is 13.9. The zero-order valence-electron chi connectivity index (χ0n) is 28.6. The lowest BCUT2D eigenvalue weighted by molar-refractivity contribution is 0.0624. The van der Waals surface area contributed by atoms with Crippen LogP contribution in [0.25, 0.3) is 0 Å². The van der Waals surface area contributed by atoms with Crippen LogP contribution in [-0.4, -0.2) is 97.9 Å². The van der Waals surface area contributed by atoms with Gasteiger partial charge in [0.15, 0.2) is 28.0 Å². The van der Waals surface area contributed by atoms with Crippen LogP contribution in [0.4, 0.5) is 21.1 Å². The number of carboxylic acid groups (broad SMARTS) is 1. The largest absolute Gasteiger partial charge is 0.493 e. The Morgan fingerprint density at radius 3 is 2.23 bits per heavy atom. The second-order valence-corrected chi connectivity index (χ2v) is 13.3. The monoisotopic (exact) mass is 734 g/mol. The third kappa shape index (κ3) is 9.36. The van der Waals surface area contributed by atoms with E-state index in [9.17, 15) is 27.9 Å². The number of sulfonamides is 1. The molecule has 1 aliphatic heterocycles. The molecule has 3 heterocycles. The van der Waals surface area contributed by atoms with Crippen molar-refractivity contribution in [1.29, 1.82) is 0 Å². The third-order valence-electron chi connectivity index (χ3n) is 7.83. The minimum atomic E-state index is -4.36. The number of aromatic nitrogens is 2. The Bertz CT molecular complexity index is 1990. The smallest absolute Gasteiger partial charge is 0.412 e. The molecular formula is C35H38N6O10S. The van der Waals surface area contributed by atoms with Crippen LogP contribution >= 0.6 is 0 Å². The number of hydrogen-bond donors (Lipinski definition) is 3. The number of anilines is 2. The van der Waals surface area contributed by atoms with E-state index < -0.39 is 28.1 Å². The van der Waals surface area contributed by atoms with E-state index in [1.54, 1.807) is 48.5 Å². The molecule has 0 aliphatic carbocycles. The second-order valence-electron chi connectivity index (χ2n) is 11.7. The van der Waals surface area contributed by atoms with Crippen molar-refractivity contribution >= 4 is 39.6 Å². The summed E-state index contributed by atoms with van der Waals surface area (Å²) in [6, 6.07) is 17.3. The molecule has 0 spiro atoms. The van der Waals surface area contributed by atoms with Gasteiger partial charge in [-0.25, -0.2) is 19.6 Å². The number of rotatable bonds is 13. The Labute approximate surface area is 300 Å². The zero-order valence-corrected chi connectivity index (χ0v) is 29.5. The van der Waals surface area contributed by atoms with Gasteiger partial charge in [-0.05, 0) is 53.9 Å². The van der Waals surface area contributed by atoms with Crippen LogP contribution < -0.4 is 24.2 Å². The van der Waals surface area contributed by atoms with Gasteiger partial charge in [-0.2, -0.15) is 8.42 Å². The van der Waals surface area contributed by atoms with Gasteiger partial charge in [0.2, 0.25) is 0 Å². The molecule has 1 fully saturated rings. The summed E-state index contributed by atoms with van der Waals surface area (Å²) in [6.07, 6.45) is 1.09. The number of benzene rings is 2. The number of nitrogens with zero attached hydrogens (tertiary/aromatic N) is 4. The number of methoxy groups -OCH3 is 1. The van der Waals surface area contributed by atoms with Crippen LogP contribution in [0.5, 0.6) is 23.0 Å². The van der Waals surface area contributed by atoms with Crippen molar-refractivity contribution in [2.45, 2.75) is 24.8 Å². The Hall–Kier alpha value is -6.10. The molecule has 3 N–H and O–H groups in total. The standard InChI is InChI=1S/C35H38N6O10S/c1-23(2)24-11-12-31(37-22-24)52(46,47)39-26-20-25(33(42)40-14-16-41(17-15-40)35(44)45)21-29(32(26)51-28-9-5-4-8-27(28)48-3)49-18-19-50-34(43)38-30-10-6-7-13-36-30/h4-13,20-23,39H,14-19H2,1-3H3,(H,44,45)(H,36,38,43). The molecule has 274 valence electrons. The molecule has 1 aliphatic rings. The van der Waals surface area contributed by atoms with Crippen molar-refractivity contribution < 1.29 is 46.9 Å². The molecule has 52 heavy (non-hydrogen) atoms. The highest BCUT2D eigenvalue weighted by molar-refractivity contribution is 7.92. The molecule has 0 unspecified atom stereocenters. The van der Waals surface area contributed by atoms with Gasteiger partial charge in [0.05, 0.1) is 12.8 Å². The van der Waals surface area contributed by atoms with Crippen LogP contribution in [0.3, 0.4) is 0 Å². The van der Waals surface area contributed by atoms with Crippen molar-refractivity contribution in [2.75, 3.05) is 56.5 Å². The molecular weight excluding hydrogens is 696 g/mol. The summed E-state index contributed by atoms with van der Waals surface area (Å²) in [4.78, 5) is 48.5. The summed E-state index contributed by atoms with van der Waals surface area (Å²) in [6.45, 7) is 3.81. The molecule has 5 rings (SSSR count). The van der Waals surface area contributed by atoms with Crippen LogP contribution in [0.2, 0.25) is 0 Å². The van der Waals surface area contributed by atoms with E-state index in [1.807, 2.05) is 13.8 Å². The van der Waals surface area contributed by atoms with E-state index in [0.717, 1.165) is 5.56 Å². The number of piperazine rings is 1. The normalized spacial score (nSPS) is 12.9. The van der Waals surface area contributed by atoms with E-state index in [4.69, 9.17) is 18.9 Å². The summed E-state index contributed by atoms with van der Waals surface area (Å²) in [5, 5.41) is 11.6. The lowest BCUT2D eigenvalue weighted by Gasteiger charge is -2.33. The van der Waals surface area contributed by atoms with Gasteiger partial charge in [0.25, 0.3) is 15.9 Å². The lowest BCUT2D eigenvalue weighted by Crippen LogP contribution is -2.50. The van der Waals surface area contributed by atoms with Crippen molar-refractivity contribution in [3.8, 4) is 23.0 Å². The first kappa shape index (κ1) is 37.2. The molecule has 2 aromatic carbocycles. The van der Waals surface area contributed by atoms with Crippen molar-refractivity contribution in [2.24, 2.45) is 0 Å². The first-order valence-corrected chi connectivity index (χ1v) is 17.7. The molecule has 4 aromatic rings. The van der Waals surface area contributed by atoms with Gasteiger partial charge < -0.3 is 33.9 Å². The average Bonchev–Trinajstić information content (AvgIpc) is 3.14. The number of nitrogens with one attached hydrogen (secondary N) is 2. The van der Waals surface area contributed by atoms with Crippen LogP contribution in [-0.2, 0) is 14.8 Å². The highest BCUT2D eigenvalue weighted by Gasteiger charge is 2.29. The lowest BCUT2D eigenvalue weighted by atomic mass is 10.1. The first-order valence-electron chi connectivity index (χ1n) is 16.2. The van der Waals surface area contributed by atoms with E-state index in [-0.39, 0.29) is 84.7 Å². The summed E-state index contributed by atoms with van der Waals surface area (Å²) < 4.78 is 53.0. The SMILES string of the molecule is COc1ccccc1Oc1c(NS(=O)(=O)c2ccc(C(C)C)cn2)cc(C(=O)N2CCN(C(=O)O)CC2)cc1OCCOC(=O)Nc1ccccn1. The molecule has 0 atom stereocenters. The maximum atomic E-state index is 13.9. The molecule has 3 amide bonds. The van der Waals surface area contributed by atoms with Crippen molar-refractivity contribution in [1.82, 2.24) is 19.8 Å². The van der Waals surface area contributed by atoms with Gasteiger partial charge in [-0.3, -0.25) is 14.8 Å². The van der Waals surface area contributed by atoms with E-state index >= 15 is 0 Å². The molecule has 17 heteroatoms. The average molecular weight is 735 g/mol. The molecule has 0 saturated carbocycles. The molecule has 2 aromatic heterocycles. The summed E-state index contributed by atoms with van der Waals surface area (Å²) in [5.74, 6) is 0.199. The highest BCUT2D eigenvalue weighted by Crippen LogP contribution is 2.43. The number of hydrogen-bond acceptors (Lipinski definition) is 11. The number of pyridine rings is 2. The topological polar surface area (TPSA) is 199 Å². The number of amides is 3. The predicted molar refractivity (Wildman–Crippen MR) is 189 cm³/mol. The number of carbonyl (C=O) groups excluding carboxylic acids is 2. The van der Waals surface area contributed by atoms with Crippen LogP contribution in [0.1, 0.15) is 35.7 Å². The predicted octanol–water partition coefficient (Wildman–Crippen LogP) is 5.27.